The Hall–Kier alpha value is -1.37. The van der Waals surface area contributed by atoms with E-state index in [0.29, 0.717) is 5.92 Å². The second kappa shape index (κ2) is 4.75. The maximum atomic E-state index is 4.23. The van der Waals surface area contributed by atoms with Gasteiger partial charge in [-0.05, 0) is 28.8 Å². The second-order valence-corrected chi connectivity index (χ2v) is 3.58. The van der Waals surface area contributed by atoms with Crippen LogP contribution in [0.25, 0.3) is 12.2 Å². The van der Waals surface area contributed by atoms with Gasteiger partial charge in [0.1, 0.15) is 0 Å². The first kappa shape index (κ1) is 10.7. The molecule has 1 heteroatoms. The minimum Gasteiger partial charge on any atom is -0.264 e. The molecule has 0 spiro atoms. The third kappa shape index (κ3) is 2.11. The van der Waals surface area contributed by atoms with Gasteiger partial charge < -0.3 is 0 Å². The molecule has 0 aliphatic carbocycles. The van der Waals surface area contributed by atoms with E-state index in [1.165, 1.54) is 10.8 Å². The Kier molecular flexibility index (Phi) is 3.63. The Morgan fingerprint density at radius 1 is 1.36 bits per heavy atom. The molecule has 0 saturated heterocycles. The zero-order valence-corrected chi connectivity index (χ0v) is 9.12. The zero-order valence-electron chi connectivity index (χ0n) is 9.12. The predicted octanol–water partition coefficient (Wildman–Crippen LogP) is 1.97. The maximum Gasteiger partial charge on any atom is 0.0346 e. The number of pyridine rings is 1. The summed E-state index contributed by atoms with van der Waals surface area (Å²) >= 11 is 0. The highest BCUT2D eigenvalue weighted by Gasteiger charge is 2.00. The summed E-state index contributed by atoms with van der Waals surface area (Å²) in [6, 6.07) is 0. The number of hydrogen-bond donors (Lipinski definition) is 0. The molecule has 0 radical (unpaired) electrons. The number of nitrogens with zero attached hydrogens (tertiary/aromatic N) is 1. The van der Waals surface area contributed by atoms with Crippen molar-refractivity contribution >= 4 is 12.2 Å². The van der Waals surface area contributed by atoms with Gasteiger partial charge in [0.2, 0.25) is 0 Å². The molecule has 0 aliphatic heterocycles. The van der Waals surface area contributed by atoms with E-state index >= 15 is 0 Å². The van der Waals surface area contributed by atoms with Crippen LogP contribution in [0.2, 0.25) is 0 Å². The Balaban J connectivity index is 3.58. The van der Waals surface area contributed by atoms with E-state index in [-0.39, 0.29) is 0 Å². The van der Waals surface area contributed by atoms with Gasteiger partial charge in [-0.3, -0.25) is 4.98 Å². The number of rotatable bonds is 2. The summed E-state index contributed by atoms with van der Waals surface area (Å²) in [5, 5.41) is 2.42. The molecule has 0 N–H and O–H groups in total. The van der Waals surface area contributed by atoms with Crippen LogP contribution in [-0.2, 0) is 0 Å². The zero-order chi connectivity index (χ0) is 10.6. The van der Waals surface area contributed by atoms with Crippen molar-refractivity contribution in [3.05, 3.63) is 41.0 Å². The average molecular weight is 187 g/mol. The topological polar surface area (TPSA) is 12.9 Å². The summed E-state index contributed by atoms with van der Waals surface area (Å²) in [6.45, 7) is 10.1. The molecule has 1 heterocycles. The molecule has 0 unspecified atom stereocenters. The van der Waals surface area contributed by atoms with Crippen molar-refractivity contribution < 1.29 is 0 Å². The molecule has 0 bridgehead atoms. The Bertz CT molecular complexity index is 427. The summed E-state index contributed by atoms with van der Waals surface area (Å²) in [5.74, 6) is 0.506. The van der Waals surface area contributed by atoms with Gasteiger partial charge in [0.25, 0.3) is 0 Å². The van der Waals surface area contributed by atoms with Gasteiger partial charge in [-0.15, -0.1) is 0 Å². The van der Waals surface area contributed by atoms with Crippen molar-refractivity contribution in [3.8, 4) is 0 Å². The third-order valence-electron chi connectivity index (χ3n) is 2.26. The lowest BCUT2D eigenvalue weighted by atomic mass is 10.0. The SMILES string of the molecule is C=C/C=c1/cncc(C(C)C)/c1=C/C. The lowest BCUT2D eigenvalue weighted by Gasteiger charge is -2.05. The average Bonchev–Trinajstić information content (AvgIpc) is 2.18. The monoisotopic (exact) mass is 187 g/mol. The molecule has 0 atom stereocenters. The number of allylic oxidation sites excluding steroid dienone is 1. The van der Waals surface area contributed by atoms with E-state index in [2.05, 4.69) is 38.4 Å². The summed E-state index contributed by atoms with van der Waals surface area (Å²) in [4.78, 5) is 4.23. The molecule has 1 aromatic heterocycles. The fourth-order valence-electron chi connectivity index (χ4n) is 1.56. The van der Waals surface area contributed by atoms with Crippen LogP contribution in [0.4, 0.5) is 0 Å². The van der Waals surface area contributed by atoms with Crippen LogP contribution in [0.15, 0.2) is 25.0 Å². The molecule has 1 rings (SSSR count). The standard InChI is InChI=1S/C13H17N/c1-5-7-11-8-14-9-13(10(3)4)12(11)6-2/h5-10H,1H2,2-4H3/b11-7-,12-6+. The minimum absolute atomic E-state index is 0.506. The van der Waals surface area contributed by atoms with E-state index in [9.17, 15) is 0 Å². The fraction of sp³-hybridized carbons (Fsp3) is 0.308. The smallest absolute Gasteiger partial charge is 0.0346 e. The first-order chi connectivity index (χ1) is 6.70. The number of aromatic nitrogens is 1. The van der Waals surface area contributed by atoms with Crippen molar-refractivity contribution in [3.63, 3.8) is 0 Å². The van der Waals surface area contributed by atoms with Gasteiger partial charge in [-0.25, -0.2) is 0 Å². The first-order valence-corrected chi connectivity index (χ1v) is 4.93. The predicted molar refractivity (Wildman–Crippen MR) is 62.4 cm³/mol. The van der Waals surface area contributed by atoms with Crippen molar-refractivity contribution in [2.45, 2.75) is 26.7 Å². The van der Waals surface area contributed by atoms with Crippen LogP contribution in [-0.4, -0.2) is 4.98 Å². The molecular weight excluding hydrogens is 170 g/mol. The lowest BCUT2D eigenvalue weighted by molar-refractivity contribution is 0.846. The van der Waals surface area contributed by atoms with Crippen molar-refractivity contribution in [2.75, 3.05) is 0 Å². The lowest BCUT2D eigenvalue weighted by Crippen LogP contribution is -2.29. The summed E-state index contributed by atoms with van der Waals surface area (Å²) < 4.78 is 0. The molecule has 74 valence electrons. The molecule has 0 aromatic carbocycles. The van der Waals surface area contributed by atoms with Gasteiger partial charge in [0, 0.05) is 12.4 Å². The van der Waals surface area contributed by atoms with Gasteiger partial charge in [-0.2, -0.15) is 0 Å². The molecule has 1 nitrogen and oxygen atoms in total. The quantitative estimate of drug-likeness (QED) is 0.690. The van der Waals surface area contributed by atoms with Gasteiger partial charge >= 0.3 is 0 Å². The normalized spacial score (nSPS) is 13.7. The second-order valence-electron chi connectivity index (χ2n) is 3.58. The highest BCUT2D eigenvalue weighted by molar-refractivity contribution is 5.39. The Morgan fingerprint density at radius 2 is 2.07 bits per heavy atom. The molecular formula is C13H17N. The van der Waals surface area contributed by atoms with Crippen LogP contribution in [0.3, 0.4) is 0 Å². The van der Waals surface area contributed by atoms with Crippen molar-refractivity contribution in [1.29, 1.82) is 0 Å². The van der Waals surface area contributed by atoms with E-state index in [4.69, 9.17) is 0 Å². The highest BCUT2D eigenvalue weighted by Crippen LogP contribution is 2.05. The molecule has 0 amide bonds. The van der Waals surface area contributed by atoms with Crippen LogP contribution < -0.4 is 10.4 Å². The van der Waals surface area contributed by atoms with E-state index < -0.39 is 0 Å². The number of hydrogen-bond acceptors (Lipinski definition) is 1. The largest absolute Gasteiger partial charge is 0.264 e. The fourth-order valence-corrected chi connectivity index (χ4v) is 1.56. The summed E-state index contributed by atoms with van der Waals surface area (Å²) in [5.41, 5.74) is 1.29. The Morgan fingerprint density at radius 3 is 2.57 bits per heavy atom. The molecule has 14 heavy (non-hydrogen) atoms. The van der Waals surface area contributed by atoms with E-state index in [1.54, 1.807) is 6.08 Å². The third-order valence-corrected chi connectivity index (χ3v) is 2.26. The summed E-state index contributed by atoms with van der Waals surface area (Å²) in [7, 11) is 0. The van der Waals surface area contributed by atoms with Gasteiger partial charge in [0.05, 0.1) is 0 Å². The Labute approximate surface area is 85.5 Å². The maximum absolute atomic E-state index is 4.23. The minimum atomic E-state index is 0.506. The van der Waals surface area contributed by atoms with E-state index in [1.807, 2.05) is 18.5 Å². The molecule has 1 aromatic rings. The van der Waals surface area contributed by atoms with Crippen molar-refractivity contribution in [1.82, 2.24) is 4.98 Å². The van der Waals surface area contributed by atoms with Crippen LogP contribution in [0, 0.1) is 0 Å². The molecule has 0 saturated carbocycles. The van der Waals surface area contributed by atoms with Gasteiger partial charge in [0.15, 0.2) is 0 Å². The highest BCUT2D eigenvalue weighted by atomic mass is 14.6. The van der Waals surface area contributed by atoms with Crippen LogP contribution >= 0.6 is 0 Å². The molecule has 0 aliphatic rings. The van der Waals surface area contributed by atoms with Crippen LogP contribution in [0.5, 0.6) is 0 Å². The summed E-state index contributed by atoms with van der Waals surface area (Å²) in [6.07, 6.45) is 9.75. The van der Waals surface area contributed by atoms with Crippen molar-refractivity contribution in [2.24, 2.45) is 0 Å². The van der Waals surface area contributed by atoms with E-state index in [0.717, 1.165) is 5.22 Å². The first-order valence-electron chi connectivity index (χ1n) is 4.93. The molecule has 0 fully saturated rings. The van der Waals surface area contributed by atoms with Gasteiger partial charge in [-0.1, -0.05) is 38.7 Å². The van der Waals surface area contributed by atoms with Crippen LogP contribution in [0.1, 0.15) is 32.3 Å².